The monoisotopic (exact) mass is 278 g/mol. The molecule has 106 valence electrons. The van der Waals surface area contributed by atoms with Crippen LogP contribution in [0.1, 0.15) is 11.3 Å². The number of piperazine rings is 1. The summed E-state index contributed by atoms with van der Waals surface area (Å²) in [5, 5.41) is 8.84. The molecule has 0 spiro atoms. The molecule has 3 rings (SSSR count). The van der Waals surface area contributed by atoms with E-state index >= 15 is 0 Å². The molecule has 1 saturated heterocycles. The number of nitrogens with zero attached hydrogens (tertiary/aromatic N) is 4. The zero-order chi connectivity index (χ0) is 14.5. The van der Waals surface area contributed by atoms with Crippen molar-refractivity contribution < 1.29 is 0 Å². The van der Waals surface area contributed by atoms with Crippen LogP contribution in [0.4, 0.5) is 5.69 Å². The van der Waals surface area contributed by atoms with Crippen LogP contribution in [0, 0.1) is 11.3 Å². The number of hydrogen-bond donors (Lipinski definition) is 0. The summed E-state index contributed by atoms with van der Waals surface area (Å²) in [7, 11) is 0. The van der Waals surface area contributed by atoms with Crippen LogP contribution in [0.15, 0.2) is 48.7 Å². The summed E-state index contributed by atoms with van der Waals surface area (Å²) < 4.78 is 0. The number of pyridine rings is 1. The van der Waals surface area contributed by atoms with Crippen LogP contribution in [-0.4, -0.2) is 36.1 Å². The lowest BCUT2D eigenvalue weighted by atomic mass is 10.2. The van der Waals surface area contributed by atoms with Gasteiger partial charge in [0.05, 0.1) is 17.3 Å². The van der Waals surface area contributed by atoms with E-state index in [2.05, 4.69) is 26.9 Å². The van der Waals surface area contributed by atoms with E-state index in [9.17, 15) is 0 Å². The standard InChI is InChI=1S/C17H18N4/c18-13-15-4-6-17(7-5-15)21-11-9-20(10-12-21)14-16-3-1-2-8-19-16/h1-8H,9-12,14H2. The van der Waals surface area contributed by atoms with Crippen LogP contribution in [0.5, 0.6) is 0 Å². The summed E-state index contributed by atoms with van der Waals surface area (Å²) >= 11 is 0. The molecule has 4 heteroatoms. The molecule has 1 aliphatic heterocycles. The fraction of sp³-hybridized carbons (Fsp3) is 0.294. The molecule has 0 radical (unpaired) electrons. The van der Waals surface area contributed by atoms with Crippen molar-refractivity contribution in [2.24, 2.45) is 0 Å². The molecule has 1 aromatic heterocycles. The van der Waals surface area contributed by atoms with Gasteiger partial charge in [-0.2, -0.15) is 5.26 Å². The lowest BCUT2D eigenvalue weighted by Crippen LogP contribution is -2.46. The summed E-state index contributed by atoms with van der Waals surface area (Å²) in [6.45, 7) is 5.02. The highest BCUT2D eigenvalue weighted by atomic mass is 15.3. The van der Waals surface area contributed by atoms with Gasteiger partial charge in [-0.3, -0.25) is 9.88 Å². The van der Waals surface area contributed by atoms with E-state index in [1.807, 2.05) is 42.6 Å². The molecule has 0 atom stereocenters. The van der Waals surface area contributed by atoms with Crippen molar-refractivity contribution >= 4 is 5.69 Å². The topological polar surface area (TPSA) is 43.2 Å². The van der Waals surface area contributed by atoms with Crippen LogP contribution in [0.3, 0.4) is 0 Å². The van der Waals surface area contributed by atoms with E-state index < -0.39 is 0 Å². The number of rotatable bonds is 3. The normalized spacial score (nSPS) is 15.7. The second-order valence-electron chi connectivity index (χ2n) is 5.24. The summed E-state index contributed by atoms with van der Waals surface area (Å²) in [4.78, 5) is 9.19. The first-order valence-corrected chi connectivity index (χ1v) is 7.22. The molecule has 0 saturated carbocycles. The predicted molar refractivity (Wildman–Crippen MR) is 82.9 cm³/mol. The van der Waals surface area contributed by atoms with E-state index in [0.29, 0.717) is 5.56 Å². The van der Waals surface area contributed by atoms with Gasteiger partial charge in [0.25, 0.3) is 0 Å². The molecule has 21 heavy (non-hydrogen) atoms. The van der Waals surface area contributed by atoms with Crippen LogP contribution < -0.4 is 4.90 Å². The largest absolute Gasteiger partial charge is 0.369 e. The summed E-state index contributed by atoms with van der Waals surface area (Å²) in [6, 6.07) is 16.1. The first kappa shape index (κ1) is 13.6. The van der Waals surface area contributed by atoms with Crippen molar-refractivity contribution in [3.8, 4) is 6.07 Å². The van der Waals surface area contributed by atoms with Gasteiger partial charge in [-0.1, -0.05) is 6.07 Å². The molecule has 4 nitrogen and oxygen atoms in total. The van der Waals surface area contributed by atoms with E-state index in [1.165, 1.54) is 5.69 Å². The van der Waals surface area contributed by atoms with Crippen LogP contribution in [0.2, 0.25) is 0 Å². The highest BCUT2D eigenvalue weighted by molar-refractivity contribution is 5.50. The van der Waals surface area contributed by atoms with Gasteiger partial charge in [-0.15, -0.1) is 0 Å². The highest BCUT2D eigenvalue weighted by Gasteiger charge is 2.17. The molecule has 0 N–H and O–H groups in total. The maximum absolute atomic E-state index is 8.84. The third-order valence-corrected chi connectivity index (χ3v) is 3.85. The van der Waals surface area contributed by atoms with Gasteiger partial charge in [-0.05, 0) is 36.4 Å². The van der Waals surface area contributed by atoms with E-state index in [1.54, 1.807) is 0 Å². The third-order valence-electron chi connectivity index (χ3n) is 3.85. The van der Waals surface area contributed by atoms with Gasteiger partial charge in [0, 0.05) is 44.6 Å². The van der Waals surface area contributed by atoms with Crippen LogP contribution in [-0.2, 0) is 6.54 Å². The van der Waals surface area contributed by atoms with Gasteiger partial charge in [0.2, 0.25) is 0 Å². The van der Waals surface area contributed by atoms with Crippen molar-refractivity contribution in [3.63, 3.8) is 0 Å². The Hall–Kier alpha value is -2.38. The summed E-state index contributed by atoms with van der Waals surface area (Å²) in [5.74, 6) is 0. The van der Waals surface area contributed by atoms with E-state index in [4.69, 9.17) is 5.26 Å². The quantitative estimate of drug-likeness (QED) is 0.864. The van der Waals surface area contributed by atoms with Crippen LogP contribution in [0.25, 0.3) is 0 Å². The lowest BCUT2D eigenvalue weighted by Gasteiger charge is -2.36. The van der Waals surface area contributed by atoms with Crippen molar-refractivity contribution in [1.82, 2.24) is 9.88 Å². The molecule has 1 aromatic carbocycles. The smallest absolute Gasteiger partial charge is 0.0991 e. The summed E-state index contributed by atoms with van der Waals surface area (Å²) in [6.07, 6.45) is 1.85. The fourth-order valence-corrected chi connectivity index (χ4v) is 2.63. The Labute approximate surface area is 125 Å². The number of nitriles is 1. The Morgan fingerprint density at radius 3 is 2.38 bits per heavy atom. The van der Waals surface area contributed by atoms with Gasteiger partial charge in [0.1, 0.15) is 0 Å². The Kier molecular flexibility index (Phi) is 4.13. The molecule has 2 heterocycles. The molecule has 0 aliphatic carbocycles. The van der Waals surface area contributed by atoms with Crippen molar-refractivity contribution in [3.05, 3.63) is 59.9 Å². The Morgan fingerprint density at radius 1 is 1.00 bits per heavy atom. The molecular formula is C17H18N4. The second kappa shape index (κ2) is 6.38. The van der Waals surface area contributed by atoms with Gasteiger partial charge < -0.3 is 4.90 Å². The van der Waals surface area contributed by atoms with Gasteiger partial charge >= 0.3 is 0 Å². The highest BCUT2D eigenvalue weighted by Crippen LogP contribution is 2.17. The fourth-order valence-electron chi connectivity index (χ4n) is 2.63. The SMILES string of the molecule is N#Cc1ccc(N2CCN(Cc3ccccn3)CC2)cc1. The molecule has 0 unspecified atom stereocenters. The molecule has 0 amide bonds. The number of hydrogen-bond acceptors (Lipinski definition) is 4. The Morgan fingerprint density at radius 2 is 1.76 bits per heavy atom. The van der Waals surface area contributed by atoms with E-state index in [0.717, 1.165) is 38.4 Å². The molecule has 1 fully saturated rings. The molecule has 0 bridgehead atoms. The van der Waals surface area contributed by atoms with Gasteiger partial charge in [0.15, 0.2) is 0 Å². The summed E-state index contributed by atoms with van der Waals surface area (Å²) in [5.41, 5.74) is 3.04. The number of benzene rings is 1. The maximum Gasteiger partial charge on any atom is 0.0991 e. The third kappa shape index (κ3) is 3.39. The zero-order valence-electron chi connectivity index (χ0n) is 11.9. The van der Waals surface area contributed by atoms with Crippen molar-refractivity contribution in [1.29, 1.82) is 5.26 Å². The van der Waals surface area contributed by atoms with Crippen molar-refractivity contribution in [2.45, 2.75) is 6.54 Å². The predicted octanol–water partition coefficient (Wildman–Crippen LogP) is 2.28. The second-order valence-corrected chi connectivity index (χ2v) is 5.24. The van der Waals surface area contributed by atoms with Crippen LogP contribution >= 0.6 is 0 Å². The maximum atomic E-state index is 8.84. The number of aromatic nitrogens is 1. The molecular weight excluding hydrogens is 260 g/mol. The van der Waals surface area contributed by atoms with Crippen molar-refractivity contribution in [2.75, 3.05) is 31.1 Å². The Bertz CT molecular complexity index is 607. The minimum atomic E-state index is 0.715. The van der Waals surface area contributed by atoms with E-state index in [-0.39, 0.29) is 0 Å². The zero-order valence-corrected chi connectivity index (χ0v) is 11.9. The van der Waals surface area contributed by atoms with Gasteiger partial charge in [-0.25, -0.2) is 0 Å². The average Bonchev–Trinajstić information content (AvgIpc) is 2.57. The first-order chi connectivity index (χ1) is 10.3. The minimum absolute atomic E-state index is 0.715. The average molecular weight is 278 g/mol. The molecule has 1 aliphatic rings. The number of anilines is 1. The lowest BCUT2D eigenvalue weighted by molar-refractivity contribution is 0.247. The minimum Gasteiger partial charge on any atom is -0.369 e. The Balaban J connectivity index is 1.56. The molecule has 2 aromatic rings. The first-order valence-electron chi connectivity index (χ1n) is 7.22.